The van der Waals surface area contributed by atoms with Gasteiger partial charge in [0.25, 0.3) is 0 Å². The third kappa shape index (κ3) is 4.60. The summed E-state index contributed by atoms with van der Waals surface area (Å²) < 4.78 is 10.7. The van der Waals surface area contributed by atoms with Gasteiger partial charge in [0.05, 0.1) is 14.2 Å². The third-order valence-electron chi connectivity index (χ3n) is 3.10. The second-order valence-corrected chi connectivity index (χ2v) is 4.76. The molecule has 0 heterocycles. The first-order chi connectivity index (χ1) is 9.12. The van der Waals surface area contributed by atoms with Crippen LogP contribution in [0.3, 0.4) is 0 Å². The van der Waals surface area contributed by atoms with Gasteiger partial charge in [-0.1, -0.05) is 32.4 Å². The van der Waals surface area contributed by atoms with Crippen LogP contribution in [-0.2, 0) is 0 Å². The van der Waals surface area contributed by atoms with Gasteiger partial charge in [-0.05, 0) is 30.7 Å². The Morgan fingerprint density at radius 1 is 1.26 bits per heavy atom. The Morgan fingerprint density at radius 2 is 2.00 bits per heavy atom. The van der Waals surface area contributed by atoms with Gasteiger partial charge in [-0.3, -0.25) is 0 Å². The van der Waals surface area contributed by atoms with Crippen LogP contribution in [-0.4, -0.2) is 27.3 Å². The lowest BCUT2D eigenvalue weighted by atomic mass is 9.99. The minimum absolute atomic E-state index is 0.495. The van der Waals surface area contributed by atoms with Crippen molar-refractivity contribution in [3.63, 3.8) is 0 Å². The summed E-state index contributed by atoms with van der Waals surface area (Å²) in [5.41, 5.74) is 2.41. The largest absolute Gasteiger partial charge is 0.497 e. The molecule has 0 aliphatic carbocycles. The van der Waals surface area contributed by atoms with E-state index in [0.29, 0.717) is 5.92 Å². The lowest BCUT2D eigenvalue weighted by Gasteiger charge is -2.14. The van der Waals surface area contributed by atoms with E-state index in [1.165, 1.54) is 5.57 Å². The molecule has 1 aromatic rings. The second-order valence-electron chi connectivity index (χ2n) is 4.76. The van der Waals surface area contributed by atoms with E-state index in [0.717, 1.165) is 30.2 Å². The van der Waals surface area contributed by atoms with Crippen molar-refractivity contribution in [3.8, 4) is 11.5 Å². The molecule has 0 fully saturated rings. The highest BCUT2D eigenvalue weighted by Gasteiger charge is 2.07. The normalized spacial score (nSPS) is 11.8. The van der Waals surface area contributed by atoms with E-state index in [9.17, 15) is 0 Å². The number of benzene rings is 1. The van der Waals surface area contributed by atoms with Crippen molar-refractivity contribution >= 4 is 6.08 Å². The quantitative estimate of drug-likeness (QED) is 0.818. The number of hydrogen-bond donors (Lipinski definition) is 1. The molecule has 1 aromatic carbocycles. The molecule has 0 atom stereocenters. The minimum atomic E-state index is 0.495. The maximum absolute atomic E-state index is 5.41. The molecule has 1 N–H and O–H groups in total. The Bertz CT molecular complexity index is 425. The van der Waals surface area contributed by atoms with Crippen LogP contribution < -0.4 is 14.8 Å². The van der Waals surface area contributed by atoms with Crippen LogP contribution in [0.15, 0.2) is 23.8 Å². The van der Waals surface area contributed by atoms with Gasteiger partial charge in [-0.2, -0.15) is 0 Å². The van der Waals surface area contributed by atoms with Crippen molar-refractivity contribution in [3.05, 3.63) is 29.3 Å². The highest BCUT2D eigenvalue weighted by Crippen LogP contribution is 2.27. The summed E-state index contributed by atoms with van der Waals surface area (Å²) in [6, 6.07) is 5.86. The number of ether oxygens (including phenoxy) is 2. The molecule has 0 saturated carbocycles. The first kappa shape index (κ1) is 15.6. The highest BCUT2D eigenvalue weighted by molar-refractivity contribution is 5.62. The summed E-state index contributed by atoms with van der Waals surface area (Å²) in [4.78, 5) is 0. The zero-order chi connectivity index (χ0) is 14.3. The molecule has 106 valence electrons. The van der Waals surface area contributed by atoms with Crippen LogP contribution in [0.1, 0.15) is 26.3 Å². The molecule has 1 rings (SSSR count). The summed E-state index contributed by atoms with van der Waals surface area (Å²) >= 11 is 0. The van der Waals surface area contributed by atoms with Gasteiger partial charge in [0, 0.05) is 12.1 Å². The SMILES string of the molecule is CCNCC(=Cc1cc(OC)ccc1OC)C(C)C. The van der Waals surface area contributed by atoms with Crippen LogP contribution in [0.5, 0.6) is 11.5 Å². The average Bonchev–Trinajstić information content (AvgIpc) is 2.42. The summed E-state index contributed by atoms with van der Waals surface area (Å²) in [6.07, 6.45) is 2.19. The Hall–Kier alpha value is -1.48. The van der Waals surface area contributed by atoms with E-state index in [-0.39, 0.29) is 0 Å². The summed E-state index contributed by atoms with van der Waals surface area (Å²) in [5.74, 6) is 2.21. The van der Waals surface area contributed by atoms with Gasteiger partial charge in [-0.15, -0.1) is 0 Å². The van der Waals surface area contributed by atoms with Crippen LogP contribution in [0.4, 0.5) is 0 Å². The molecule has 0 radical (unpaired) electrons. The fourth-order valence-electron chi connectivity index (χ4n) is 1.84. The van der Waals surface area contributed by atoms with E-state index in [1.54, 1.807) is 14.2 Å². The molecule has 0 bridgehead atoms. The van der Waals surface area contributed by atoms with E-state index < -0.39 is 0 Å². The smallest absolute Gasteiger partial charge is 0.126 e. The Balaban J connectivity index is 3.09. The maximum atomic E-state index is 5.41. The molecule has 19 heavy (non-hydrogen) atoms. The van der Waals surface area contributed by atoms with Crippen LogP contribution in [0, 0.1) is 5.92 Å². The van der Waals surface area contributed by atoms with Crippen molar-refractivity contribution in [1.29, 1.82) is 0 Å². The van der Waals surface area contributed by atoms with Crippen molar-refractivity contribution in [1.82, 2.24) is 5.32 Å². The predicted octanol–water partition coefficient (Wildman–Crippen LogP) is 3.35. The monoisotopic (exact) mass is 263 g/mol. The van der Waals surface area contributed by atoms with Crippen molar-refractivity contribution in [2.45, 2.75) is 20.8 Å². The van der Waals surface area contributed by atoms with E-state index in [1.807, 2.05) is 18.2 Å². The number of nitrogens with one attached hydrogen (secondary N) is 1. The zero-order valence-electron chi connectivity index (χ0n) is 12.6. The number of methoxy groups -OCH3 is 2. The molecular formula is C16H25NO2. The van der Waals surface area contributed by atoms with Gasteiger partial charge < -0.3 is 14.8 Å². The van der Waals surface area contributed by atoms with Gasteiger partial charge in [0.1, 0.15) is 11.5 Å². The van der Waals surface area contributed by atoms with E-state index in [2.05, 4.69) is 32.2 Å². The molecule has 0 spiro atoms. The van der Waals surface area contributed by atoms with Crippen LogP contribution in [0.25, 0.3) is 6.08 Å². The topological polar surface area (TPSA) is 30.5 Å². The third-order valence-corrected chi connectivity index (χ3v) is 3.10. The fraction of sp³-hybridized carbons (Fsp3) is 0.500. The zero-order valence-corrected chi connectivity index (χ0v) is 12.6. The molecule has 3 nitrogen and oxygen atoms in total. The van der Waals surface area contributed by atoms with Crippen LogP contribution >= 0.6 is 0 Å². The minimum Gasteiger partial charge on any atom is -0.497 e. The fourth-order valence-corrected chi connectivity index (χ4v) is 1.84. The van der Waals surface area contributed by atoms with Crippen molar-refractivity contribution in [2.24, 2.45) is 5.92 Å². The number of likely N-dealkylation sites (N-methyl/N-ethyl adjacent to an activating group) is 1. The van der Waals surface area contributed by atoms with Gasteiger partial charge in [-0.25, -0.2) is 0 Å². The lowest BCUT2D eigenvalue weighted by Crippen LogP contribution is -2.18. The van der Waals surface area contributed by atoms with Gasteiger partial charge in [0.2, 0.25) is 0 Å². The first-order valence-corrected chi connectivity index (χ1v) is 6.75. The Labute approximate surface area is 116 Å². The second kappa shape index (κ2) is 7.85. The van der Waals surface area contributed by atoms with Gasteiger partial charge in [0.15, 0.2) is 0 Å². The first-order valence-electron chi connectivity index (χ1n) is 6.75. The van der Waals surface area contributed by atoms with E-state index >= 15 is 0 Å². The molecule has 0 aromatic heterocycles. The van der Waals surface area contributed by atoms with Crippen molar-refractivity contribution in [2.75, 3.05) is 27.3 Å². The summed E-state index contributed by atoms with van der Waals surface area (Å²) in [5, 5.41) is 3.38. The molecule has 0 aliphatic heterocycles. The Morgan fingerprint density at radius 3 is 2.53 bits per heavy atom. The highest BCUT2D eigenvalue weighted by atomic mass is 16.5. The number of rotatable bonds is 7. The molecular weight excluding hydrogens is 238 g/mol. The Kier molecular flexibility index (Phi) is 6.43. The molecule has 0 unspecified atom stereocenters. The molecule has 0 saturated heterocycles. The predicted molar refractivity (Wildman–Crippen MR) is 80.9 cm³/mol. The summed E-state index contributed by atoms with van der Waals surface area (Å²) in [6.45, 7) is 8.39. The molecule has 0 aliphatic rings. The average molecular weight is 263 g/mol. The molecule has 0 amide bonds. The van der Waals surface area contributed by atoms with Crippen molar-refractivity contribution < 1.29 is 9.47 Å². The standard InChI is InChI=1S/C16H25NO2/c1-6-17-11-14(12(2)3)9-13-10-15(18-4)7-8-16(13)19-5/h7-10,12,17H,6,11H2,1-5H3. The van der Waals surface area contributed by atoms with Gasteiger partial charge >= 0.3 is 0 Å². The van der Waals surface area contributed by atoms with Crippen LogP contribution in [0.2, 0.25) is 0 Å². The lowest BCUT2D eigenvalue weighted by molar-refractivity contribution is 0.402. The van der Waals surface area contributed by atoms with E-state index in [4.69, 9.17) is 9.47 Å². The maximum Gasteiger partial charge on any atom is 0.126 e. The molecule has 3 heteroatoms. The number of hydrogen-bond acceptors (Lipinski definition) is 3. The summed E-state index contributed by atoms with van der Waals surface area (Å²) in [7, 11) is 3.37.